The number of hydrogen-bond donors (Lipinski definition) is 0. The van der Waals surface area contributed by atoms with E-state index in [1.165, 1.54) is 19.8 Å². The molecule has 16 heteroatoms. The van der Waals surface area contributed by atoms with Crippen molar-refractivity contribution in [2.24, 2.45) is 0 Å². The third-order valence-corrected chi connectivity index (χ3v) is 13.2. The Morgan fingerprint density at radius 3 is 1.20 bits per heavy atom. The second-order valence-corrected chi connectivity index (χ2v) is 20.2. The summed E-state index contributed by atoms with van der Waals surface area (Å²) in [6.45, 7) is 12.8. The fourth-order valence-corrected chi connectivity index (χ4v) is 8.36. The SMILES string of the molecule is C=CC(=O)OCCCCCCOc1ccc(C(=O)Oc2ccc(-c3ccc(OC(=O)c4ccc(OCCCCCCCCCCCOC(=O)CCCCCOC(=O)CCCCCOC(CCC)C(=O)OC(=O)C(=C)C)cc4)cc3)cc2)cc1. The monoisotopic (exact) mass is 1150 g/mol. The van der Waals surface area contributed by atoms with Crippen molar-refractivity contribution in [3.8, 4) is 34.1 Å². The van der Waals surface area contributed by atoms with Crippen molar-refractivity contribution in [3.05, 3.63) is 133 Å². The molecule has 83 heavy (non-hydrogen) atoms. The summed E-state index contributed by atoms with van der Waals surface area (Å²) in [5, 5.41) is 0. The normalized spacial score (nSPS) is 11.2. The molecule has 4 aromatic carbocycles. The molecule has 0 N–H and O–H groups in total. The van der Waals surface area contributed by atoms with Gasteiger partial charge in [-0.25, -0.2) is 24.0 Å². The Labute approximate surface area is 490 Å². The van der Waals surface area contributed by atoms with Crippen LogP contribution in [0.5, 0.6) is 23.0 Å². The maximum Gasteiger partial charge on any atom is 0.343 e. The molecule has 0 aromatic heterocycles. The van der Waals surface area contributed by atoms with Gasteiger partial charge in [0, 0.05) is 31.1 Å². The zero-order chi connectivity index (χ0) is 59.7. The van der Waals surface area contributed by atoms with Gasteiger partial charge in [0.15, 0.2) is 6.10 Å². The van der Waals surface area contributed by atoms with Crippen LogP contribution in [0.3, 0.4) is 0 Å². The Balaban J connectivity index is 0.933. The Hall–Kier alpha value is -7.59. The standard InChI is InChI=1S/C67H86O16/c1-5-26-60(67(74)83-64(71)51(3)4)77-47-24-16-18-27-63(70)80-50-25-17-19-28-62(69)79-49-22-13-11-9-7-8-10-12-20-45-75-56-37-33-54(34-38-56)65(72)81-58-41-29-52(30-42-58)53-31-43-59(44-32-53)82-66(73)55-35-39-57(40-36-55)76-46-21-14-15-23-48-78-61(68)6-2/h6,29-44,60H,2-3,5,7-28,45-50H2,1,4H3. The number of unbranched alkanes of at least 4 members (excludes halogenated alkanes) is 15. The molecule has 0 aliphatic rings. The second-order valence-electron chi connectivity index (χ2n) is 20.2. The minimum Gasteiger partial charge on any atom is -0.494 e. The Morgan fingerprint density at radius 2 is 0.807 bits per heavy atom. The largest absolute Gasteiger partial charge is 0.494 e. The quantitative estimate of drug-likeness (QED) is 0.0101. The molecule has 0 amide bonds. The van der Waals surface area contributed by atoms with Crippen LogP contribution in [-0.4, -0.2) is 87.5 Å². The molecule has 4 rings (SSSR count). The summed E-state index contributed by atoms with van der Waals surface area (Å²) >= 11 is 0. The first-order valence-electron chi connectivity index (χ1n) is 29.6. The van der Waals surface area contributed by atoms with Crippen LogP contribution < -0.4 is 18.9 Å². The fraction of sp³-hybridized carbons (Fsp3) is 0.478. The smallest absolute Gasteiger partial charge is 0.343 e. The van der Waals surface area contributed by atoms with E-state index in [1.807, 2.05) is 31.2 Å². The summed E-state index contributed by atoms with van der Waals surface area (Å²) in [6.07, 6.45) is 19.5. The number of carbonyl (C=O) groups is 7. The first-order valence-corrected chi connectivity index (χ1v) is 29.6. The van der Waals surface area contributed by atoms with Crippen LogP contribution in [0.1, 0.15) is 182 Å². The van der Waals surface area contributed by atoms with Crippen molar-refractivity contribution in [2.75, 3.05) is 39.6 Å². The van der Waals surface area contributed by atoms with Crippen LogP contribution in [0.25, 0.3) is 11.1 Å². The minimum absolute atomic E-state index is 0.147. The number of ether oxygens (including phenoxy) is 9. The zero-order valence-electron chi connectivity index (χ0n) is 48.8. The van der Waals surface area contributed by atoms with Gasteiger partial charge >= 0.3 is 41.8 Å². The summed E-state index contributed by atoms with van der Waals surface area (Å²) in [7, 11) is 0. The lowest BCUT2D eigenvalue weighted by molar-refractivity contribution is -0.166. The number of benzene rings is 4. The first-order chi connectivity index (χ1) is 40.3. The van der Waals surface area contributed by atoms with Gasteiger partial charge in [-0.2, -0.15) is 0 Å². The molecule has 0 bridgehead atoms. The molecule has 16 nitrogen and oxygen atoms in total. The molecule has 0 saturated heterocycles. The maximum absolute atomic E-state index is 12.9. The van der Waals surface area contributed by atoms with Gasteiger partial charge < -0.3 is 42.6 Å². The van der Waals surface area contributed by atoms with Gasteiger partial charge in [0.1, 0.15) is 23.0 Å². The highest BCUT2D eigenvalue weighted by atomic mass is 16.6. The van der Waals surface area contributed by atoms with Gasteiger partial charge in [-0.15, -0.1) is 0 Å². The van der Waals surface area contributed by atoms with Crippen LogP contribution in [0.4, 0.5) is 0 Å². The molecule has 0 radical (unpaired) electrons. The van der Waals surface area contributed by atoms with Crippen LogP contribution in [0.15, 0.2) is 122 Å². The van der Waals surface area contributed by atoms with E-state index in [4.69, 9.17) is 42.6 Å². The van der Waals surface area contributed by atoms with Crippen LogP contribution in [-0.2, 0) is 47.7 Å². The maximum atomic E-state index is 12.9. The van der Waals surface area contributed by atoms with Gasteiger partial charge in [-0.05, 0) is 168 Å². The van der Waals surface area contributed by atoms with Gasteiger partial charge in [-0.3, -0.25) is 9.59 Å². The van der Waals surface area contributed by atoms with Crippen molar-refractivity contribution in [2.45, 2.75) is 168 Å². The van der Waals surface area contributed by atoms with E-state index in [0.29, 0.717) is 125 Å². The molecule has 1 atom stereocenters. The molecule has 0 heterocycles. The molecule has 0 saturated carbocycles. The number of carbonyl (C=O) groups excluding carboxylic acids is 7. The lowest BCUT2D eigenvalue weighted by Gasteiger charge is -2.15. The lowest BCUT2D eigenvalue weighted by atomic mass is 10.1. The predicted molar refractivity (Wildman–Crippen MR) is 316 cm³/mol. The van der Waals surface area contributed by atoms with Crippen LogP contribution in [0, 0.1) is 0 Å². The van der Waals surface area contributed by atoms with Crippen molar-refractivity contribution in [1.82, 2.24) is 0 Å². The van der Waals surface area contributed by atoms with E-state index in [2.05, 4.69) is 13.2 Å². The third-order valence-electron chi connectivity index (χ3n) is 13.2. The Bertz CT molecular complexity index is 2570. The molecular formula is C67H86O16. The highest BCUT2D eigenvalue weighted by Crippen LogP contribution is 2.26. The minimum atomic E-state index is -0.805. The van der Waals surface area contributed by atoms with Crippen LogP contribution in [0.2, 0.25) is 0 Å². The van der Waals surface area contributed by atoms with Crippen molar-refractivity contribution in [1.29, 1.82) is 0 Å². The average molecular weight is 1150 g/mol. The van der Waals surface area contributed by atoms with Gasteiger partial charge in [0.05, 0.1) is 44.2 Å². The van der Waals surface area contributed by atoms with E-state index in [0.717, 1.165) is 101 Å². The first kappa shape index (κ1) is 67.9. The molecule has 0 fully saturated rings. The number of esters is 7. The summed E-state index contributed by atoms with van der Waals surface area (Å²) in [4.78, 5) is 84.8. The van der Waals surface area contributed by atoms with E-state index >= 15 is 0 Å². The summed E-state index contributed by atoms with van der Waals surface area (Å²) in [6, 6.07) is 28.1. The Kier molecular flexibility index (Phi) is 33.9. The topological polar surface area (TPSA) is 203 Å². The third kappa shape index (κ3) is 29.8. The van der Waals surface area contributed by atoms with Gasteiger partial charge in [-0.1, -0.05) is 102 Å². The van der Waals surface area contributed by atoms with E-state index in [-0.39, 0.29) is 17.5 Å². The second kappa shape index (κ2) is 41.4. The van der Waals surface area contributed by atoms with E-state index in [1.54, 1.807) is 72.8 Å². The Morgan fingerprint density at radius 1 is 0.446 bits per heavy atom. The average Bonchev–Trinajstić information content (AvgIpc) is 3.51. The predicted octanol–water partition coefficient (Wildman–Crippen LogP) is 14.4. The number of rotatable bonds is 44. The van der Waals surface area contributed by atoms with E-state index in [9.17, 15) is 33.6 Å². The molecule has 0 spiro atoms. The van der Waals surface area contributed by atoms with Gasteiger partial charge in [0.2, 0.25) is 0 Å². The summed E-state index contributed by atoms with van der Waals surface area (Å²) in [5.41, 5.74) is 2.75. The fourth-order valence-electron chi connectivity index (χ4n) is 8.36. The highest BCUT2D eigenvalue weighted by molar-refractivity contribution is 5.96. The molecule has 450 valence electrons. The summed E-state index contributed by atoms with van der Waals surface area (Å²) < 4.78 is 49.1. The molecule has 0 aliphatic heterocycles. The molecular weight excluding hydrogens is 1060 g/mol. The van der Waals surface area contributed by atoms with Crippen molar-refractivity contribution >= 4 is 41.8 Å². The van der Waals surface area contributed by atoms with Crippen LogP contribution >= 0.6 is 0 Å². The molecule has 4 aromatic rings. The zero-order valence-corrected chi connectivity index (χ0v) is 48.8. The van der Waals surface area contributed by atoms with Gasteiger partial charge in [0.25, 0.3) is 0 Å². The van der Waals surface area contributed by atoms with Crippen molar-refractivity contribution < 1.29 is 76.2 Å². The van der Waals surface area contributed by atoms with Crippen molar-refractivity contribution in [3.63, 3.8) is 0 Å². The van der Waals surface area contributed by atoms with E-state index < -0.39 is 36.0 Å². The molecule has 0 aliphatic carbocycles. The molecule has 1 unspecified atom stereocenters. The summed E-state index contributed by atoms with van der Waals surface area (Å²) in [5.74, 6) is -1.10. The number of hydrogen-bond acceptors (Lipinski definition) is 16. The highest BCUT2D eigenvalue weighted by Gasteiger charge is 2.23. The lowest BCUT2D eigenvalue weighted by Crippen LogP contribution is -2.29.